The normalized spacial score (nSPS) is 18.9. The van der Waals surface area contributed by atoms with Gasteiger partial charge in [0.25, 0.3) is 0 Å². The molecule has 0 aromatic heterocycles. The molecule has 2 nitrogen and oxygen atoms in total. The van der Waals surface area contributed by atoms with Crippen molar-refractivity contribution in [2.75, 3.05) is 19.7 Å². The van der Waals surface area contributed by atoms with Crippen molar-refractivity contribution in [3.63, 3.8) is 0 Å². The van der Waals surface area contributed by atoms with Crippen LogP contribution >= 0.6 is 12.6 Å². The Morgan fingerprint density at radius 2 is 1.28 bits per heavy atom. The fourth-order valence-electron chi connectivity index (χ4n) is 5.01. The average molecular weight is 516 g/mol. The van der Waals surface area contributed by atoms with Gasteiger partial charge in [-0.15, -0.1) is 0 Å². The lowest BCUT2D eigenvalue weighted by atomic mass is 9.74. The van der Waals surface area contributed by atoms with Crippen LogP contribution in [0.1, 0.15) is 43.9 Å². The van der Waals surface area contributed by atoms with Crippen LogP contribution in [-0.2, 0) is 9.96 Å². The minimum atomic E-state index is -1.81. The highest BCUT2D eigenvalue weighted by molar-refractivity contribution is 7.81. The summed E-state index contributed by atoms with van der Waals surface area (Å²) in [5, 5.41) is 0.456. The van der Waals surface area contributed by atoms with Crippen LogP contribution in [0.2, 0.25) is 18.1 Å². The van der Waals surface area contributed by atoms with Crippen LogP contribution in [0.4, 0.5) is 0 Å². The first-order chi connectivity index (χ1) is 17.2. The second kappa shape index (κ2) is 11.1. The van der Waals surface area contributed by atoms with E-state index in [0.717, 1.165) is 19.5 Å². The van der Waals surface area contributed by atoms with E-state index in [2.05, 4.69) is 136 Å². The Balaban J connectivity index is 1.77. The van der Waals surface area contributed by atoms with E-state index in [4.69, 9.17) is 17.1 Å². The van der Waals surface area contributed by atoms with Gasteiger partial charge in [-0.25, -0.2) is 0 Å². The molecule has 1 unspecified atom stereocenters. The quantitative estimate of drug-likeness (QED) is 0.148. The van der Waals surface area contributed by atoms with Gasteiger partial charge in [0.15, 0.2) is 8.32 Å². The largest absolute Gasteiger partial charge is 0.413 e. The number of rotatable bonds is 7. The second-order valence-electron chi connectivity index (χ2n) is 11.4. The van der Waals surface area contributed by atoms with Crippen LogP contribution in [0.3, 0.4) is 0 Å². The number of piperidine rings is 1. The van der Waals surface area contributed by atoms with Crippen molar-refractivity contribution in [3.05, 3.63) is 119 Å². The zero-order chi connectivity index (χ0) is 25.8. The lowest BCUT2D eigenvalue weighted by molar-refractivity contribution is 0.153. The SMILES string of the molecule is CC(C)(C)[Si](C)(C)OC/C=C1/CN(C(c2ccccc2)(c2ccccc2)c2ccccc2)CCC1S. The van der Waals surface area contributed by atoms with E-state index in [0.29, 0.717) is 6.61 Å². The van der Waals surface area contributed by atoms with E-state index in [9.17, 15) is 0 Å². The van der Waals surface area contributed by atoms with Gasteiger partial charge in [0.05, 0.1) is 12.1 Å². The third kappa shape index (κ3) is 5.42. The van der Waals surface area contributed by atoms with Gasteiger partial charge in [0.1, 0.15) is 0 Å². The maximum Gasteiger partial charge on any atom is 0.192 e. The first kappa shape index (κ1) is 26.9. The third-order valence-corrected chi connectivity index (χ3v) is 13.2. The number of hydrogen-bond donors (Lipinski definition) is 1. The summed E-state index contributed by atoms with van der Waals surface area (Å²) in [5.74, 6) is 0. The Bertz CT molecular complexity index is 1040. The molecule has 1 aliphatic rings. The Morgan fingerprint density at radius 3 is 1.69 bits per heavy atom. The van der Waals surface area contributed by atoms with Crippen molar-refractivity contribution < 1.29 is 4.43 Å². The summed E-state index contributed by atoms with van der Waals surface area (Å²) in [6.45, 7) is 14.0. The van der Waals surface area contributed by atoms with Crippen LogP contribution in [0.15, 0.2) is 103 Å². The predicted molar refractivity (Wildman–Crippen MR) is 159 cm³/mol. The summed E-state index contributed by atoms with van der Waals surface area (Å²) >= 11 is 5.02. The van der Waals surface area contributed by atoms with Crippen LogP contribution in [0.25, 0.3) is 0 Å². The number of benzene rings is 3. The predicted octanol–water partition coefficient (Wildman–Crippen LogP) is 7.93. The van der Waals surface area contributed by atoms with Crippen molar-refractivity contribution in [1.29, 1.82) is 0 Å². The van der Waals surface area contributed by atoms with Gasteiger partial charge in [-0.2, -0.15) is 12.6 Å². The van der Waals surface area contributed by atoms with Gasteiger partial charge in [0.2, 0.25) is 0 Å². The molecule has 3 aromatic rings. The summed E-state index contributed by atoms with van der Waals surface area (Å²) in [5.41, 5.74) is 4.83. The van der Waals surface area contributed by atoms with Crippen molar-refractivity contribution in [2.45, 2.75) is 56.1 Å². The molecule has 36 heavy (non-hydrogen) atoms. The minimum Gasteiger partial charge on any atom is -0.413 e. The number of nitrogens with zero attached hydrogens (tertiary/aromatic N) is 1. The molecule has 1 aliphatic heterocycles. The molecule has 1 atom stereocenters. The third-order valence-electron chi connectivity index (χ3n) is 8.12. The van der Waals surface area contributed by atoms with Crippen LogP contribution < -0.4 is 0 Å². The molecule has 0 bridgehead atoms. The highest BCUT2D eigenvalue weighted by atomic mass is 32.1. The first-order valence-corrected chi connectivity index (χ1v) is 16.5. The van der Waals surface area contributed by atoms with Gasteiger partial charge in [-0.05, 0) is 46.8 Å². The average Bonchev–Trinajstić information content (AvgIpc) is 2.87. The topological polar surface area (TPSA) is 12.5 Å². The van der Waals surface area contributed by atoms with Crippen molar-refractivity contribution in [3.8, 4) is 0 Å². The molecular formula is C32H41NOSSi. The van der Waals surface area contributed by atoms with Crippen LogP contribution in [-0.4, -0.2) is 38.2 Å². The van der Waals surface area contributed by atoms with Crippen molar-refractivity contribution in [2.24, 2.45) is 0 Å². The van der Waals surface area contributed by atoms with E-state index in [1.54, 1.807) is 0 Å². The molecule has 0 saturated carbocycles. The maximum absolute atomic E-state index is 6.53. The molecular weight excluding hydrogens is 475 g/mol. The molecule has 0 N–H and O–H groups in total. The minimum absolute atomic E-state index is 0.202. The Kier molecular flexibility index (Phi) is 8.31. The molecule has 0 amide bonds. The molecule has 4 heteroatoms. The Morgan fingerprint density at radius 1 is 0.833 bits per heavy atom. The zero-order valence-electron chi connectivity index (χ0n) is 22.4. The summed E-state index contributed by atoms with van der Waals surface area (Å²) in [4.78, 5) is 2.65. The smallest absolute Gasteiger partial charge is 0.192 e. The number of hydrogen-bond acceptors (Lipinski definition) is 3. The molecule has 190 valence electrons. The van der Waals surface area contributed by atoms with Gasteiger partial charge in [0, 0.05) is 18.3 Å². The van der Waals surface area contributed by atoms with E-state index >= 15 is 0 Å². The molecule has 1 heterocycles. The number of thiol groups is 1. The van der Waals surface area contributed by atoms with Crippen LogP contribution in [0, 0.1) is 0 Å². The Labute approximate surface area is 224 Å². The monoisotopic (exact) mass is 515 g/mol. The molecule has 0 aliphatic carbocycles. The van der Waals surface area contributed by atoms with Gasteiger partial charge >= 0.3 is 0 Å². The standard InChI is InChI=1S/C32H41NOSSi/c1-31(2,3)36(4,5)34-24-22-26-25-33(23-21-30(26)35)32(27-15-9-6-10-16-27,28-17-11-7-12-18-28)29-19-13-8-14-20-29/h6-20,22,30,35H,21,23-25H2,1-5H3/b26-22-. The summed E-state index contributed by atoms with van der Waals surface area (Å²) in [6, 6.07) is 32.9. The Hall–Kier alpha value is -2.11. The van der Waals surface area contributed by atoms with Gasteiger partial charge in [-0.3, -0.25) is 4.90 Å². The lowest BCUT2D eigenvalue weighted by Crippen LogP contribution is -2.52. The molecule has 4 rings (SSSR count). The van der Waals surface area contributed by atoms with E-state index < -0.39 is 13.9 Å². The lowest BCUT2D eigenvalue weighted by Gasteiger charge is -2.48. The highest BCUT2D eigenvalue weighted by Crippen LogP contribution is 2.44. The highest BCUT2D eigenvalue weighted by Gasteiger charge is 2.44. The number of likely N-dealkylation sites (tertiary alicyclic amines) is 1. The summed E-state index contributed by atoms with van der Waals surface area (Å²) in [7, 11) is -1.81. The second-order valence-corrected chi connectivity index (χ2v) is 16.8. The van der Waals surface area contributed by atoms with Crippen molar-refractivity contribution in [1.82, 2.24) is 4.90 Å². The zero-order valence-corrected chi connectivity index (χ0v) is 24.3. The molecule has 1 fully saturated rings. The molecule has 0 spiro atoms. The molecule has 3 aromatic carbocycles. The van der Waals surface area contributed by atoms with E-state index in [1.807, 2.05) is 0 Å². The summed E-state index contributed by atoms with van der Waals surface area (Å²) in [6.07, 6.45) is 3.32. The van der Waals surface area contributed by atoms with E-state index in [-0.39, 0.29) is 10.3 Å². The van der Waals surface area contributed by atoms with E-state index in [1.165, 1.54) is 22.3 Å². The molecule has 0 radical (unpaired) electrons. The fourth-order valence-corrected chi connectivity index (χ4v) is 6.25. The van der Waals surface area contributed by atoms with Gasteiger partial charge in [-0.1, -0.05) is 118 Å². The fraction of sp³-hybridized carbons (Fsp3) is 0.375. The first-order valence-electron chi connectivity index (χ1n) is 13.1. The van der Waals surface area contributed by atoms with Gasteiger partial charge < -0.3 is 4.43 Å². The van der Waals surface area contributed by atoms with Crippen molar-refractivity contribution >= 4 is 20.9 Å². The maximum atomic E-state index is 6.53. The van der Waals surface area contributed by atoms with Crippen LogP contribution in [0.5, 0.6) is 0 Å². The summed E-state index contributed by atoms with van der Waals surface area (Å²) < 4.78 is 6.53. The molecule has 1 saturated heterocycles.